The molecule has 24 heavy (non-hydrogen) atoms. The zero-order valence-electron chi connectivity index (χ0n) is 14.1. The Balaban J connectivity index is 1.56. The number of allylic oxidation sites excluding steroid dienone is 1. The molecule has 5 heteroatoms. The van der Waals surface area contributed by atoms with Crippen molar-refractivity contribution in [2.45, 2.75) is 43.7 Å². The van der Waals surface area contributed by atoms with Gasteiger partial charge in [0.05, 0.1) is 12.2 Å². The summed E-state index contributed by atoms with van der Waals surface area (Å²) in [6, 6.07) is 7.88. The molecule has 2 aliphatic heterocycles. The Bertz CT molecular complexity index is 582. The van der Waals surface area contributed by atoms with Crippen LogP contribution in [0.1, 0.15) is 31.2 Å². The van der Waals surface area contributed by atoms with E-state index in [-0.39, 0.29) is 17.7 Å². The lowest BCUT2D eigenvalue weighted by atomic mass is 9.90. The summed E-state index contributed by atoms with van der Waals surface area (Å²) >= 11 is 0. The molecule has 2 fully saturated rings. The highest BCUT2D eigenvalue weighted by Crippen LogP contribution is 2.32. The van der Waals surface area contributed by atoms with Crippen molar-refractivity contribution >= 4 is 11.7 Å². The van der Waals surface area contributed by atoms with E-state index in [0.29, 0.717) is 13.2 Å². The Labute approximate surface area is 143 Å². The molecule has 5 nitrogen and oxygen atoms in total. The van der Waals surface area contributed by atoms with E-state index in [1.165, 1.54) is 0 Å². The first-order chi connectivity index (χ1) is 11.7. The first-order valence-electron chi connectivity index (χ1n) is 8.69. The predicted octanol–water partition coefficient (Wildman–Crippen LogP) is 3.26. The van der Waals surface area contributed by atoms with Crippen LogP contribution in [0.2, 0.25) is 0 Å². The number of hydrogen-bond acceptors (Lipinski definition) is 3. The fourth-order valence-electron chi connectivity index (χ4n) is 3.48. The maximum absolute atomic E-state index is 12.4. The van der Waals surface area contributed by atoms with Crippen molar-refractivity contribution in [2.75, 3.05) is 25.1 Å². The second kappa shape index (κ2) is 7.81. The molecule has 0 saturated carbocycles. The van der Waals surface area contributed by atoms with Crippen molar-refractivity contribution in [1.29, 1.82) is 0 Å². The third-order valence-electron chi connectivity index (χ3n) is 4.78. The van der Waals surface area contributed by atoms with Crippen molar-refractivity contribution in [3.8, 4) is 0 Å². The molecule has 2 N–H and O–H groups in total. The zero-order chi connectivity index (χ0) is 16.8. The maximum Gasteiger partial charge on any atom is 0.319 e. The van der Waals surface area contributed by atoms with Gasteiger partial charge in [0.25, 0.3) is 0 Å². The molecule has 0 radical (unpaired) electrons. The monoisotopic (exact) mass is 330 g/mol. The van der Waals surface area contributed by atoms with Gasteiger partial charge in [-0.1, -0.05) is 24.3 Å². The van der Waals surface area contributed by atoms with Gasteiger partial charge in [-0.2, -0.15) is 0 Å². The average molecular weight is 330 g/mol. The summed E-state index contributed by atoms with van der Waals surface area (Å²) in [7, 11) is 0. The number of hydrogen-bond donors (Lipinski definition) is 2. The van der Waals surface area contributed by atoms with E-state index in [2.05, 4.69) is 17.2 Å². The number of aryl methyl sites for hydroxylation is 1. The van der Waals surface area contributed by atoms with Gasteiger partial charge < -0.3 is 20.1 Å². The molecular weight excluding hydrogens is 304 g/mol. The smallest absolute Gasteiger partial charge is 0.319 e. The Kier molecular flexibility index (Phi) is 5.53. The number of anilines is 1. The van der Waals surface area contributed by atoms with E-state index in [1.54, 1.807) is 0 Å². The summed E-state index contributed by atoms with van der Waals surface area (Å²) in [6.45, 7) is 5.81. The molecule has 0 bridgehead atoms. The number of urea groups is 1. The standard InChI is InChI=1S/C19H26N2O3/c1-2-3-6-15-7-4-5-8-17(15)21-18(22)20-16-9-11-24-19(13-16)10-12-23-14-19/h2,4-5,7-8,16H,1,3,6,9-14H2,(H2,20,21,22)/t16-,19+/m1/s1. The third kappa shape index (κ3) is 4.16. The molecule has 1 aromatic carbocycles. The van der Waals surface area contributed by atoms with Gasteiger partial charge in [0.1, 0.15) is 0 Å². The highest BCUT2D eigenvalue weighted by atomic mass is 16.6. The molecule has 3 rings (SSSR count). The second-order valence-electron chi connectivity index (χ2n) is 6.61. The molecule has 1 spiro atoms. The molecule has 0 unspecified atom stereocenters. The van der Waals surface area contributed by atoms with Gasteiger partial charge in [-0.25, -0.2) is 4.79 Å². The number of rotatable bonds is 5. The van der Waals surface area contributed by atoms with Crippen LogP contribution < -0.4 is 10.6 Å². The molecule has 0 aromatic heterocycles. The number of carbonyl (C=O) groups excluding carboxylic acids is 1. The molecule has 1 aromatic rings. The van der Waals surface area contributed by atoms with Crippen LogP contribution in [0, 0.1) is 0 Å². The number of para-hydroxylation sites is 1. The molecule has 0 aliphatic carbocycles. The number of carbonyl (C=O) groups is 1. The van der Waals surface area contributed by atoms with Gasteiger partial charge in [-0.05, 0) is 37.3 Å². The van der Waals surface area contributed by atoms with E-state index in [0.717, 1.165) is 50.0 Å². The van der Waals surface area contributed by atoms with Crippen molar-refractivity contribution in [3.05, 3.63) is 42.5 Å². The van der Waals surface area contributed by atoms with Gasteiger partial charge >= 0.3 is 6.03 Å². The maximum atomic E-state index is 12.4. The molecule has 2 saturated heterocycles. The summed E-state index contributed by atoms with van der Waals surface area (Å²) in [5.74, 6) is 0. The summed E-state index contributed by atoms with van der Waals surface area (Å²) in [5.41, 5.74) is 1.79. The fourth-order valence-corrected chi connectivity index (χ4v) is 3.48. The number of nitrogens with one attached hydrogen (secondary N) is 2. The normalized spacial score (nSPS) is 26.2. The van der Waals surface area contributed by atoms with Crippen LogP contribution in [-0.4, -0.2) is 37.5 Å². The molecule has 2 atom stereocenters. The minimum Gasteiger partial charge on any atom is -0.378 e. The van der Waals surface area contributed by atoms with E-state index in [1.807, 2.05) is 30.3 Å². The average Bonchev–Trinajstić information content (AvgIpc) is 3.01. The molecular formula is C19H26N2O3. The van der Waals surface area contributed by atoms with Gasteiger partial charge in [0, 0.05) is 31.4 Å². The van der Waals surface area contributed by atoms with Crippen LogP contribution in [0.25, 0.3) is 0 Å². The topological polar surface area (TPSA) is 59.6 Å². The predicted molar refractivity (Wildman–Crippen MR) is 94.3 cm³/mol. The van der Waals surface area contributed by atoms with E-state index >= 15 is 0 Å². The SMILES string of the molecule is C=CCCc1ccccc1NC(=O)N[C@@H]1CCO[C@@]2(CCOC2)C1. The van der Waals surface area contributed by atoms with E-state index in [9.17, 15) is 4.79 Å². The minimum atomic E-state index is -0.196. The Morgan fingerprint density at radius 2 is 2.25 bits per heavy atom. The molecule has 130 valence electrons. The Hall–Kier alpha value is -1.85. The van der Waals surface area contributed by atoms with Crippen LogP contribution >= 0.6 is 0 Å². The van der Waals surface area contributed by atoms with Crippen LogP contribution in [0.15, 0.2) is 36.9 Å². The summed E-state index contributed by atoms with van der Waals surface area (Å²) in [6.07, 6.45) is 6.23. The highest BCUT2D eigenvalue weighted by Gasteiger charge is 2.41. The zero-order valence-corrected chi connectivity index (χ0v) is 14.1. The van der Waals surface area contributed by atoms with Crippen LogP contribution in [-0.2, 0) is 15.9 Å². The number of ether oxygens (including phenoxy) is 2. The quantitative estimate of drug-likeness (QED) is 0.815. The first kappa shape index (κ1) is 17.0. The van der Waals surface area contributed by atoms with Gasteiger partial charge in [-0.3, -0.25) is 0 Å². The van der Waals surface area contributed by atoms with Crippen molar-refractivity contribution in [2.24, 2.45) is 0 Å². The van der Waals surface area contributed by atoms with Crippen LogP contribution in [0.4, 0.5) is 10.5 Å². The van der Waals surface area contributed by atoms with Gasteiger partial charge in [0.2, 0.25) is 0 Å². The fraction of sp³-hybridized carbons (Fsp3) is 0.526. The van der Waals surface area contributed by atoms with E-state index < -0.39 is 0 Å². The number of amides is 2. The van der Waals surface area contributed by atoms with Crippen molar-refractivity contribution in [3.63, 3.8) is 0 Å². The summed E-state index contributed by atoms with van der Waals surface area (Å²) in [5, 5.41) is 6.09. The Morgan fingerprint density at radius 3 is 3.04 bits per heavy atom. The first-order valence-corrected chi connectivity index (χ1v) is 8.69. The minimum absolute atomic E-state index is 0.126. The highest BCUT2D eigenvalue weighted by molar-refractivity contribution is 5.90. The van der Waals surface area contributed by atoms with Gasteiger partial charge in [-0.15, -0.1) is 6.58 Å². The van der Waals surface area contributed by atoms with E-state index in [4.69, 9.17) is 9.47 Å². The molecule has 2 amide bonds. The van der Waals surface area contributed by atoms with Gasteiger partial charge in [0.15, 0.2) is 0 Å². The molecule has 2 aliphatic rings. The summed E-state index contributed by atoms with van der Waals surface area (Å²) in [4.78, 5) is 12.4. The largest absolute Gasteiger partial charge is 0.378 e. The third-order valence-corrected chi connectivity index (χ3v) is 4.78. The second-order valence-corrected chi connectivity index (χ2v) is 6.61. The van der Waals surface area contributed by atoms with Crippen LogP contribution in [0.5, 0.6) is 0 Å². The van der Waals surface area contributed by atoms with Crippen molar-refractivity contribution < 1.29 is 14.3 Å². The lowest BCUT2D eigenvalue weighted by molar-refractivity contribution is -0.0877. The number of benzene rings is 1. The van der Waals surface area contributed by atoms with Crippen LogP contribution in [0.3, 0.4) is 0 Å². The summed E-state index contributed by atoms with van der Waals surface area (Å²) < 4.78 is 11.4. The molecule has 2 heterocycles. The lowest BCUT2D eigenvalue weighted by Crippen LogP contribution is -2.49. The Morgan fingerprint density at radius 1 is 1.38 bits per heavy atom. The lowest BCUT2D eigenvalue weighted by Gasteiger charge is -2.37. The van der Waals surface area contributed by atoms with Crippen molar-refractivity contribution in [1.82, 2.24) is 5.32 Å².